The number of hydrogen-bond donors (Lipinski definition) is 3. The maximum Gasteiger partial charge on any atom is 0.270 e. The Hall–Kier alpha value is -6.03. The van der Waals surface area contributed by atoms with Gasteiger partial charge in [-0.05, 0) is 75.0 Å². The summed E-state index contributed by atoms with van der Waals surface area (Å²) in [6.07, 6.45) is 10.0. The molecule has 2 saturated heterocycles. The first-order valence-corrected chi connectivity index (χ1v) is 19.5. The molecule has 3 fully saturated rings. The number of benzene rings is 2. The summed E-state index contributed by atoms with van der Waals surface area (Å²) in [5, 5.41) is 8.27. The third-order valence-electron chi connectivity index (χ3n) is 11.2. The molecule has 56 heavy (non-hydrogen) atoms. The first-order chi connectivity index (χ1) is 27.2. The number of hydrogen-bond acceptors (Lipinski definition) is 12. The van der Waals surface area contributed by atoms with E-state index < -0.39 is 29.7 Å². The fraction of sp³-hybridized carbons (Fsp3) is 0.425. The normalized spacial score (nSPS) is 19.1. The fourth-order valence-electron chi connectivity index (χ4n) is 8.25. The molecule has 1 aliphatic carbocycles. The van der Waals surface area contributed by atoms with Crippen molar-refractivity contribution in [3.8, 4) is 0 Å². The predicted octanol–water partition coefficient (Wildman–Crippen LogP) is 3.77. The van der Waals surface area contributed by atoms with Gasteiger partial charge in [0.2, 0.25) is 23.7 Å². The highest BCUT2D eigenvalue weighted by Gasteiger charge is 2.45. The molecule has 1 unspecified atom stereocenters. The van der Waals surface area contributed by atoms with E-state index in [1.165, 1.54) is 12.3 Å². The molecule has 3 aliphatic heterocycles. The minimum atomic E-state index is -1.07. The van der Waals surface area contributed by atoms with E-state index in [1.54, 1.807) is 22.9 Å². The number of amides is 5. The summed E-state index contributed by atoms with van der Waals surface area (Å²) in [5.41, 5.74) is 3.48. The highest BCUT2D eigenvalue weighted by molar-refractivity contribution is 6.26. The van der Waals surface area contributed by atoms with Crippen molar-refractivity contribution in [2.24, 2.45) is 0 Å². The van der Waals surface area contributed by atoms with Crippen LogP contribution >= 0.6 is 0 Å². The van der Waals surface area contributed by atoms with Gasteiger partial charge in [-0.15, -0.1) is 0 Å². The minimum Gasteiger partial charge on any atom is -0.369 e. The Morgan fingerprint density at radius 3 is 2.39 bits per heavy atom. The minimum absolute atomic E-state index is 0.0356. The fourth-order valence-corrected chi connectivity index (χ4v) is 8.25. The molecule has 16 heteroatoms. The molecule has 5 heterocycles. The van der Waals surface area contributed by atoms with Crippen LogP contribution in [0.4, 0.5) is 23.0 Å². The summed E-state index contributed by atoms with van der Waals surface area (Å²) in [6.45, 7) is 4.61. The maximum absolute atomic E-state index is 13.3. The zero-order chi connectivity index (χ0) is 38.8. The van der Waals surface area contributed by atoms with Gasteiger partial charge < -0.3 is 15.5 Å². The summed E-state index contributed by atoms with van der Waals surface area (Å²) in [4.78, 5) is 95.1. The molecule has 5 amide bonds. The van der Waals surface area contributed by atoms with Crippen molar-refractivity contribution in [2.45, 2.75) is 76.3 Å². The molecule has 2 aromatic heterocycles. The number of piperazine rings is 1. The van der Waals surface area contributed by atoms with Crippen LogP contribution in [0.5, 0.6) is 0 Å². The average molecular weight is 761 g/mol. The zero-order valence-corrected chi connectivity index (χ0v) is 31.0. The lowest BCUT2D eigenvalue weighted by molar-refractivity contribution is -0.136. The van der Waals surface area contributed by atoms with E-state index in [4.69, 9.17) is 4.98 Å². The van der Waals surface area contributed by atoms with Gasteiger partial charge >= 0.3 is 0 Å². The SMILES string of the molecule is O=C1CCC(N2C(=O)c3cccc(NC(=O)CCCCCN4CCN(c5ccc(Nc6ncc7ncc(=O)n(C8CCCC8)c7n6)cc5)CC4)c3C2=O)C(=O)N1. The van der Waals surface area contributed by atoms with Crippen molar-refractivity contribution in [3.05, 3.63) is 76.3 Å². The van der Waals surface area contributed by atoms with Gasteiger partial charge in [-0.2, -0.15) is 4.98 Å². The van der Waals surface area contributed by atoms with Crippen LogP contribution in [0.3, 0.4) is 0 Å². The highest BCUT2D eigenvalue weighted by atomic mass is 16.2. The third-order valence-corrected chi connectivity index (χ3v) is 11.2. The Morgan fingerprint density at radius 1 is 0.839 bits per heavy atom. The molecular formula is C40H44N10O6. The second-order valence-corrected chi connectivity index (χ2v) is 14.8. The molecule has 0 bridgehead atoms. The van der Waals surface area contributed by atoms with Gasteiger partial charge in [-0.25, -0.2) is 9.97 Å². The van der Waals surface area contributed by atoms with Crippen LogP contribution in [0.15, 0.2) is 59.7 Å². The van der Waals surface area contributed by atoms with Crippen LogP contribution in [-0.2, 0) is 14.4 Å². The van der Waals surface area contributed by atoms with Crippen LogP contribution in [-0.4, -0.2) is 97.6 Å². The largest absolute Gasteiger partial charge is 0.369 e. The highest BCUT2D eigenvalue weighted by Crippen LogP contribution is 2.33. The van der Waals surface area contributed by atoms with Gasteiger partial charge in [-0.1, -0.05) is 25.3 Å². The van der Waals surface area contributed by atoms with Crippen molar-refractivity contribution in [1.29, 1.82) is 0 Å². The van der Waals surface area contributed by atoms with Crippen LogP contribution in [0.25, 0.3) is 11.2 Å². The number of aromatic nitrogens is 4. The number of fused-ring (bicyclic) bond motifs is 2. The van der Waals surface area contributed by atoms with E-state index in [9.17, 15) is 28.8 Å². The van der Waals surface area contributed by atoms with Crippen LogP contribution in [0.2, 0.25) is 0 Å². The average Bonchev–Trinajstić information content (AvgIpc) is 3.82. The first-order valence-electron chi connectivity index (χ1n) is 19.5. The number of nitrogens with one attached hydrogen (secondary N) is 3. The summed E-state index contributed by atoms with van der Waals surface area (Å²) >= 11 is 0. The Labute approximate surface area is 322 Å². The molecular weight excluding hydrogens is 717 g/mol. The van der Waals surface area contributed by atoms with Gasteiger partial charge in [0.05, 0.1) is 29.2 Å². The molecule has 290 valence electrons. The van der Waals surface area contributed by atoms with Gasteiger partial charge in [-0.3, -0.25) is 48.5 Å². The standard InChI is InChI=1S/C40H44N10O6/c51-32(44-29-10-6-9-28-35(29)39(56)50(38(28)55)31-16-17-33(52)45-37(31)54)11-2-1-5-18-47-19-21-48(22-20-47)26-14-12-25(13-15-26)43-40-42-23-30-36(46-40)49(34(53)24-41-30)27-7-3-4-8-27/h6,9-10,12-15,23-24,27,31H,1-5,7-8,11,16-22H2,(H,44,51)(H,42,43,46)(H,45,52,54). The van der Waals surface area contributed by atoms with Crippen LogP contribution in [0, 0.1) is 0 Å². The second kappa shape index (κ2) is 16.0. The van der Waals surface area contributed by atoms with Crippen molar-refractivity contribution < 1.29 is 24.0 Å². The molecule has 4 aromatic rings. The van der Waals surface area contributed by atoms with Gasteiger partial charge in [0.1, 0.15) is 11.6 Å². The van der Waals surface area contributed by atoms with E-state index in [2.05, 4.69) is 47.9 Å². The van der Waals surface area contributed by atoms with Crippen molar-refractivity contribution in [2.75, 3.05) is 48.3 Å². The number of piperidine rings is 1. The maximum atomic E-state index is 13.3. The first kappa shape index (κ1) is 36.9. The predicted molar refractivity (Wildman–Crippen MR) is 208 cm³/mol. The third kappa shape index (κ3) is 7.60. The number of carbonyl (C=O) groups excluding carboxylic acids is 5. The van der Waals surface area contributed by atoms with E-state index in [-0.39, 0.29) is 53.6 Å². The molecule has 4 aliphatic rings. The topological polar surface area (TPSA) is 192 Å². The number of rotatable bonds is 12. The van der Waals surface area contributed by atoms with E-state index in [0.29, 0.717) is 23.5 Å². The quantitative estimate of drug-likeness (QED) is 0.140. The monoisotopic (exact) mass is 760 g/mol. The number of unbranched alkanes of at least 4 members (excludes halogenated alkanes) is 2. The van der Waals surface area contributed by atoms with Gasteiger partial charge in [0, 0.05) is 56.4 Å². The Balaban J connectivity index is 0.766. The van der Waals surface area contributed by atoms with Crippen molar-refractivity contribution >= 4 is 63.7 Å². The summed E-state index contributed by atoms with van der Waals surface area (Å²) in [6, 6.07) is 12.0. The Kier molecular flexibility index (Phi) is 10.5. The Bertz CT molecular complexity index is 2240. The number of nitrogens with zero attached hydrogens (tertiary/aromatic N) is 7. The number of carbonyl (C=O) groups is 5. The molecule has 16 nitrogen and oxygen atoms in total. The van der Waals surface area contributed by atoms with E-state index in [0.717, 1.165) is 87.5 Å². The smallest absolute Gasteiger partial charge is 0.270 e. The van der Waals surface area contributed by atoms with Gasteiger partial charge in [0.15, 0.2) is 5.65 Å². The van der Waals surface area contributed by atoms with Crippen molar-refractivity contribution in [3.63, 3.8) is 0 Å². The van der Waals surface area contributed by atoms with E-state index >= 15 is 0 Å². The summed E-state index contributed by atoms with van der Waals surface area (Å²) < 4.78 is 1.78. The molecule has 3 N–H and O–H groups in total. The lowest BCUT2D eigenvalue weighted by atomic mass is 10.0. The van der Waals surface area contributed by atoms with Crippen molar-refractivity contribution in [1.82, 2.24) is 34.6 Å². The Morgan fingerprint density at radius 2 is 1.62 bits per heavy atom. The lowest BCUT2D eigenvalue weighted by Gasteiger charge is -2.36. The van der Waals surface area contributed by atoms with Crippen LogP contribution in [0.1, 0.15) is 91.0 Å². The van der Waals surface area contributed by atoms with E-state index in [1.807, 2.05) is 12.1 Å². The summed E-state index contributed by atoms with van der Waals surface area (Å²) in [7, 11) is 0. The lowest BCUT2D eigenvalue weighted by Crippen LogP contribution is -2.54. The zero-order valence-electron chi connectivity index (χ0n) is 31.0. The molecule has 0 radical (unpaired) electrons. The van der Waals surface area contributed by atoms with Gasteiger partial charge in [0.25, 0.3) is 17.4 Å². The molecule has 1 atom stereocenters. The molecule has 8 rings (SSSR count). The molecule has 1 saturated carbocycles. The second-order valence-electron chi connectivity index (χ2n) is 14.8. The summed E-state index contributed by atoms with van der Waals surface area (Å²) in [5.74, 6) is -2.20. The number of imide groups is 2. The number of anilines is 4. The van der Waals surface area contributed by atoms with Crippen LogP contribution < -0.4 is 26.4 Å². The molecule has 0 spiro atoms. The molecule has 2 aromatic carbocycles.